The molecule has 3 rings (SSSR count). The fourth-order valence-electron chi connectivity index (χ4n) is 2.44. The van der Waals surface area contributed by atoms with Gasteiger partial charge < -0.3 is 10.3 Å². The molecular formula is C15H17ClN4. The summed E-state index contributed by atoms with van der Waals surface area (Å²) in [6, 6.07) is 5.92. The van der Waals surface area contributed by atoms with Crippen molar-refractivity contribution in [2.45, 2.75) is 19.9 Å². The number of aromatic amines is 1. The Morgan fingerprint density at radius 1 is 1.40 bits per heavy atom. The molecule has 0 aliphatic rings. The van der Waals surface area contributed by atoms with Gasteiger partial charge in [-0.2, -0.15) is 5.10 Å². The Labute approximate surface area is 122 Å². The molecule has 0 unspecified atom stereocenters. The molecule has 5 heteroatoms. The molecule has 0 radical (unpaired) electrons. The molecule has 0 spiro atoms. The largest absolute Gasteiger partial charge is 0.378 e. The number of H-pyrrole nitrogens is 1. The Morgan fingerprint density at radius 3 is 3.05 bits per heavy atom. The van der Waals surface area contributed by atoms with Gasteiger partial charge in [-0.05, 0) is 24.1 Å². The highest BCUT2D eigenvalue weighted by molar-refractivity contribution is 6.31. The van der Waals surface area contributed by atoms with Gasteiger partial charge in [-0.1, -0.05) is 24.6 Å². The summed E-state index contributed by atoms with van der Waals surface area (Å²) >= 11 is 6.00. The number of hydrogen-bond acceptors (Lipinski definition) is 2. The van der Waals surface area contributed by atoms with Crippen LogP contribution in [0.3, 0.4) is 0 Å². The van der Waals surface area contributed by atoms with Gasteiger partial charge in [-0.25, -0.2) is 0 Å². The van der Waals surface area contributed by atoms with Crippen molar-refractivity contribution in [3.8, 4) is 0 Å². The highest BCUT2D eigenvalue weighted by Gasteiger charge is 2.08. The highest BCUT2D eigenvalue weighted by atomic mass is 35.5. The predicted octanol–water partition coefficient (Wildman–Crippen LogP) is 3.73. The van der Waals surface area contributed by atoms with E-state index in [1.165, 1.54) is 10.9 Å². The molecule has 3 aromatic rings. The van der Waals surface area contributed by atoms with Crippen molar-refractivity contribution in [2.24, 2.45) is 7.05 Å². The monoisotopic (exact) mass is 288 g/mol. The summed E-state index contributed by atoms with van der Waals surface area (Å²) in [7, 11) is 1.94. The molecule has 0 bridgehead atoms. The van der Waals surface area contributed by atoms with Crippen molar-refractivity contribution in [1.82, 2.24) is 14.8 Å². The summed E-state index contributed by atoms with van der Waals surface area (Å²) in [4.78, 5) is 3.25. The van der Waals surface area contributed by atoms with Crippen LogP contribution >= 0.6 is 11.6 Å². The third kappa shape index (κ3) is 2.39. The lowest BCUT2D eigenvalue weighted by atomic mass is 10.1. The van der Waals surface area contributed by atoms with Gasteiger partial charge >= 0.3 is 0 Å². The standard InChI is InChI=1S/C15H17ClN4/c1-3-13-15(9-20(2)19-13)18-8-10-7-17-14-6-11(16)4-5-12(10)14/h4-7,9,17-18H,3,8H2,1-2H3. The SMILES string of the molecule is CCc1nn(C)cc1NCc1c[nH]c2cc(Cl)ccc12. The molecule has 0 aliphatic heterocycles. The Kier molecular flexibility index (Phi) is 3.40. The first-order valence-electron chi connectivity index (χ1n) is 6.69. The van der Waals surface area contributed by atoms with Gasteiger partial charge in [0, 0.05) is 41.9 Å². The molecule has 0 fully saturated rings. The van der Waals surface area contributed by atoms with Crippen LogP contribution in [0.4, 0.5) is 5.69 Å². The highest BCUT2D eigenvalue weighted by Crippen LogP contribution is 2.23. The molecule has 104 valence electrons. The Balaban J connectivity index is 1.83. The number of halogens is 1. The Bertz CT molecular complexity index is 741. The minimum absolute atomic E-state index is 0.749. The number of hydrogen-bond donors (Lipinski definition) is 2. The second kappa shape index (κ2) is 5.21. The van der Waals surface area contributed by atoms with Crippen LogP contribution in [-0.2, 0) is 20.0 Å². The zero-order valence-corrected chi connectivity index (χ0v) is 12.3. The molecule has 2 aromatic heterocycles. The van der Waals surface area contributed by atoms with E-state index in [4.69, 9.17) is 11.6 Å². The average molecular weight is 289 g/mol. The summed E-state index contributed by atoms with van der Waals surface area (Å²) in [6.07, 6.45) is 4.97. The van der Waals surface area contributed by atoms with Crippen molar-refractivity contribution < 1.29 is 0 Å². The van der Waals surface area contributed by atoms with Crippen molar-refractivity contribution >= 4 is 28.2 Å². The van der Waals surface area contributed by atoms with Gasteiger partial charge in [0.15, 0.2) is 0 Å². The third-order valence-corrected chi connectivity index (χ3v) is 3.67. The van der Waals surface area contributed by atoms with Crippen LogP contribution in [0, 0.1) is 0 Å². The number of nitrogens with one attached hydrogen (secondary N) is 2. The molecule has 0 saturated heterocycles. The smallest absolute Gasteiger partial charge is 0.0853 e. The maximum atomic E-state index is 6.00. The summed E-state index contributed by atoms with van der Waals surface area (Å²) in [5.74, 6) is 0. The van der Waals surface area contributed by atoms with Crippen molar-refractivity contribution in [3.63, 3.8) is 0 Å². The molecule has 0 saturated carbocycles. The van der Waals surface area contributed by atoms with Crippen LogP contribution in [0.15, 0.2) is 30.6 Å². The number of aryl methyl sites for hydroxylation is 2. The summed E-state index contributed by atoms with van der Waals surface area (Å²) in [6.45, 7) is 2.88. The normalized spacial score (nSPS) is 11.2. The van der Waals surface area contributed by atoms with Crippen molar-refractivity contribution in [3.05, 3.63) is 46.9 Å². The first-order valence-corrected chi connectivity index (χ1v) is 7.07. The van der Waals surface area contributed by atoms with E-state index in [1.807, 2.05) is 36.3 Å². The van der Waals surface area contributed by atoms with Gasteiger partial charge in [0.25, 0.3) is 0 Å². The molecular weight excluding hydrogens is 272 g/mol. The molecule has 0 aliphatic carbocycles. The molecule has 2 heterocycles. The third-order valence-electron chi connectivity index (χ3n) is 3.44. The van der Waals surface area contributed by atoms with E-state index in [2.05, 4.69) is 28.4 Å². The van der Waals surface area contributed by atoms with Crippen LogP contribution in [0.5, 0.6) is 0 Å². The van der Waals surface area contributed by atoms with E-state index in [0.717, 1.165) is 34.9 Å². The predicted molar refractivity (Wildman–Crippen MR) is 83.2 cm³/mol. The number of rotatable bonds is 4. The Morgan fingerprint density at radius 2 is 2.25 bits per heavy atom. The maximum absolute atomic E-state index is 6.00. The van der Waals surface area contributed by atoms with E-state index >= 15 is 0 Å². The average Bonchev–Trinajstić information content (AvgIpc) is 2.99. The van der Waals surface area contributed by atoms with E-state index in [9.17, 15) is 0 Å². The maximum Gasteiger partial charge on any atom is 0.0853 e. The Hall–Kier alpha value is -1.94. The van der Waals surface area contributed by atoms with E-state index in [1.54, 1.807) is 0 Å². The fourth-order valence-corrected chi connectivity index (χ4v) is 2.61. The van der Waals surface area contributed by atoms with Crippen molar-refractivity contribution in [1.29, 1.82) is 0 Å². The first-order chi connectivity index (χ1) is 9.67. The first kappa shape index (κ1) is 13.1. The number of fused-ring (bicyclic) bond motifs is 1. The fraction of sp³-hybridized carbons (Fsp3) is 0.267. The summed E-state index contributed by atoms with van der Waals surface area (Å²) < 4.78 is 1.84. The van der Waals surface area contributed by atoms with Gasteiger partial charge in [0.05, 0.1) is 11.4 Å². The van der Waals surface area contributed by atoms with Crippen LogP contribution in [-0.4, -0.2) is 14.8 Å². The minimum Gasteiger partial charge on any atom is -0.378 e. The van der Waals surface area contributed by atoms with Crippen molar-refractivity contribution in [2.75, 3.05) is 5.32 Å². The zero-order chi connectivity index (χ0) is 14.1. The van der Waals surface area contributed by atoms with E-state index < -0.39 is 0 Å². The van der Waals surface area contributed by atoms with Gasteiger partial charge in [-0.15, -0.1) is 0 Å². The minimum atomic E-state index is 0.749. The molecule has 0 amide bonds. The molecule has 20 heavy (non-hydrogen) atoms. The zero-order valence-electron chi connectivity index (χ0n) is 11.6. The van der Waals surface area contributed by atoms with Crippen LogP contribution in [0.2, 0.25) is 5.02 Å². The second-order valence-corrected chi connectivity index (χ2v) is 5.31. The number of anilines is 1. The van der Waals surface area contributed by atoms with Crippen LogP contribution < -0.4 is 5.32 Å². The molecule has 4 nitrogen and oxygen atoms in total. The van der Waals surface area contributed by atoms with Crippen LogP contribution in [0.25, 0.3) is 10.9 Å². The topological polar surface area (TPSA) is 45.6 Å². The van der Waals surface area contributed by atoms with Crippen LogP contribution in [0.1, 0.15) is 18.2 Å². The number of nitrogens with zero attached hydrogens (tertiary/aromatic N) is 2. The lowest BCUT2D eigenvalue weighted by Gasteiger charge is -2.04. The lowest BCUT2D eigenvalue weighted by molar-refractivity contribution is 0.746. The molecule has 0 atom stereocenters. The van der Waals surface area contributed by atoms with Gasteiger partial charge in [0.1, 0.15) is 0 Å². The number of benzene rings is 1. The summed E-state index contributed by atoms with van der Waals surface area (Å²) in [5.41, 5.74) is 4.48. The molecule has 1 aromatic carbocycles. The lowest BCUT2D eigenvalue weighted by Crippen LogP contribution is -2.00. The summed E-state index contributed by atoms with van der Waals surface area (Å²) in [5, 5.41) is 9.84. The molecule has 2 N–H and O–H groups in total. The van der Waals surface area contributed by atoms with E-state index in [-0.39, 0.29) is 0 Å². The quantitative estimate of drug-likeness (QED) is 0.768. The second-order valence-electron chi connectivity index (χ2n) is 4.87. The van der Waals surface area contributed by atoms with E-state index in [0.29, 0.717) is 0 Å². The van der Waals surface area contributed by atoms with Gasteiger partial charge in [-0.3, -0.25) is 4.68 Å². The number of aromatic nitrogens is 3. The van der Waals surface area contributed by atoms with Gasteiger partial charge in [0.2, 0.25) is 0 Å².